The number of H-pyrrole nitrogens is 1. The van der Waals surface area contributed by atoms with E-state index in [0.29, 0.717) is 5.82 Å². The molecule has 0 bridgehead atoms. The van der Waals surface area contributed by atoms with Gasteiger partial charge in [0.2, 0.25) is 0 Å². The molecule has 4 N–H and O–H groups in total. The van der Waals surface area contributed by atoms with Crippen LogP contribution in [-0.4, -0.2) is 41.3 Å². The molecule has 0 spiro atoms. The summed E-state index contributed by atoms with van der Waals surface area (Å²) in [5, 5.41) is 9.93. The minimum atomic E-state index is 0.625. The van der Waals surface area contributed by atoms with Gasteiger partial charge in [-0.2, -0.15) is 5.10 Å². The molecular weight excluding hydrogens is 190 g/mol. The fourth-order valence-corrected chi connectivity index (χ4v) is 2.06. The van der Waals surface area contributed by atoms with Gasteiger partial charge >= 0.3 is 0 Å². The normalized spacial score (nSPS) is 22.1. The van der Waals surface area contributed by atoms with Crippen LogP contribution >= 0.6 is 0 Å². The molecule has 0 amide bonds. The lowest BCUT2D eigenvalue weighted by Gasteiger charge is -2.13. The van der Waals surface area contributed by atoms with Crippen molar-refractivity contribution >= 4 is 11.5 Å². The lowest BCUT2D eigenvalue weighted by Crippen LogP contribution is -2.22. The van der Waals surface area contributed by atoms with Gasteiger partial charge in [0.25, 0.3) is 0 Å². The van der Waals surface area contributed by atoms with Crippen molar-refractivity contribution in [1.82, 2.24) is 15.1 Å². The molecule has 2 rings (SSSR count). The van der Waals surface area contributed by atoms with E-state index in [1.165, 1.54) is 19.5 Å². The Balaban J connectivity index is 1.77. The fraction of sp³-hybridized carbons (Fsp3) is 0.700. The van der Waals surface area contributed by atoms with Crippen molar-refractivity contribution in [2.24, 2.45) is 5.92 Å². The van der Waals surface area contributed by atoms with E-state index in [1.807, 2.05) is 0 Å². The molecule has 1 aromatic rings. The number of rotatable bonds is 4. The van der Waals surface area contributed by atoms with Crippen LogP contribution < -0.4 is 11.1 Å². The summed E-state index contributed by atoms with van der Waals surface area (Å²) in [5.41, 5.74) is 6.61. The molecule has 84 valence electrons. The van der Waals surface area contributed by atoms with E-state index in [4.69, 9.17) is 5.73 Å². The van der Waals surface area contributed by atoms with Crippen molar-refractivity contribution in [3.8, 4) is 0 Å². The summed E-state index contributed by atoms with van der Waals surface area (Å²) >= 11 is 0. The van der Waals surface area contributed by atoms with Gasteiger partial charge in [-0.25, -0.2) is 0 Å². The van der Waals surface area contributed by atoms with Crippen LogP contribution in [0.3, 0.4) is 0 Å². The Morgan fingerprint density at radius 1 is 1.73 bits per heavy atom. The number of nitrogen functional groups attached to an aromatic ring is 1. The van der Waals surface area contributed by atoms with Crippen LogP contribution in [0.25, 0.3) is 0 Å². The van der Waals surface area contributed by atoms with Crippen LogP contribution in [0.2, 0.25) is 0 Å². The first kappa shape index (κ1) is 10.3. The monoisotopic (exact) mass is 209 g/mol. The smallest absolute Gasteiger partial charge is 0.142 e. The standard InChI is InChI=1S/C10H19N5/c1-2-15-4-3-8(7-15)5-12-9-6-13-14-10(9)11/h6,8,12H,2-5,7H2,1H3,(H3,11,13,14). The Hall–Kier alpha value is -1.23. The molecule has 1 aliphatic rings. The molecule has 0 saturated carbocycles. The van der Waals surface area contributed by atoms with E-state index in [-0.39, 0.29) is 0 Å². The second-order valence-electron chi connectivity index (χ2n) is 4.13. The SMILES string of the molecule is CCN1CCC(CNc2cn[nH]c2N)C1. The fourth-order valence-electron chi connectivity index (χ4n) is 2.06. The summed E-state index contributed by atoms with van der Waals surface area (Å²) < 4.78 is 0. The molecule has 1 aliphatic heterocycles. The lowest BCUT2D eigenvalue weighted by atomic mass is 10.1. The van der Waals surface area contributed by atoms with Crippen LogP contribution in [0.4, 0.5) is 11.5 Å². The third kappa shape index (κ3) is 2.41. The minimum absolute atomic E-state index is 0.625. The Labute approximate surface area is 90.0 Å². The summed E-state index contributed by atoms with van der Waals surface area (Å²) in [7, 11) is 0. The first-order valence-electron chi connectivity index (χ1n) is 5.54. The number of nitrogens with two attached hydrogens (primary N) is 1. The molecule has 1 fully saturated rings. The van der Waals surface area contributed by atoms with Gasteiger partial charge < -0.3 is 16.0 Å². The summed E-state index contributed by atoms with van der Waals surface area (Å²) in [4.78, 5) is 2.48. The first-order valence-corrected chi connectivity index (χ1v) is 5.54. The molecule has 5 heteroatoms. The van der Waals surface area contributed by atoms with E-state index in [0.717, 1.165) is 24.7 Å². The molecule has 15 heavy (non-hydrogen) atoms. The van der Waals surface area contributed by atoms with Crippen LogP contribution in [0, 0.1) is 5.92 Å². The molecule has 2 heterocycles. The summed E-state index contributed by atoms with van der Waals surface area (Å²) in [6, 6.07) is 0. The van der Waals surface area contributed by atoms with Crippen LogP contribution in [0.5, 0.6) is 0 Å². The Bertz CT molecular complexity index is 309. The van der Waals surface area contributed by atoms with Gasteiger partial charge in [-0.1, -0.05) is 6.92 Å². The molecule has 1 aromatic heterocycles. The zero-order valence-corrected chi connectivity index (χ0v) is 9.16. The number of nitrogens with one attached hydrogen (secondary N) is 2. The van der Waals surface area contributed by atoms with Crippen LogP contribution in [0.1, 0.15) is 13.3 Å². The maximum atomic E-state index is 5.69. The van der Waals surface area contributed by atoms with E-state index in [1.54, 1.807) is 6.20 Å². The van der Waals surface area contributed by atoms with Crippen molar-refractivity contribution < 1.29 is 0 Å². The van der Waals surface area contributed by atoms with E-state index in [9.17, 15) is 0 Å². The quantitative estimate of drug-likeness (QED) is 0.684. The molecule has 1 atom stereocenters. The predicted octanol–water partition coefficient (Wildman–Crippen LogP) is 0.746. The van der Waals surface area contributed by atoms with Gasteiger partial charge in [-0.3, -0.25) is 5.10 Å². The second kappa shape index (κ2) is 4.53. The highest BCUT2D eigenvalue weighted by atomic mass is 15.2. The molecule has 1 unspecified atom stereocenters. The van der Waals surface area contributed by atoms with Crippen molar-refractivity contribution in [2.45, 2.75) is 13.3 Å². The highest BCUT2D eigenvalue weighted by Gasteiger charge is 2.20. The van der Waals surface area contributed by atoms with E-state index >= 15 is 0 Å². The van der Waals surface area contributed by atoms with Gasteiger partial charge in [-0.15, -0.1) is 0 Å². The largest absolute Gasteiger partial charge is 0.382 e. The predicted molar refractivity (Wildman–Crippen MR) is 61.7 cm³/mol. The van der Waals surface area contributed by atoms with Crippen LogP contribution in [-0.2, 0) is 0 Å². The number of hydrogen-bond acceptors (Lipinski definition) is 4. The summed E-state index contributed by atoms with van der Waals surface area (Å²) in [5.74, 6) is 1.36. The molecule has 0 aliphatic carbocycles. The molecule has 0 radical (unpaired) electrons. The second-order valence-corrected chi connectivity index (χ2v) is 4.13. The molecule has 5 nitrogen and oxygen atoms in total. The molecule has 1 saturated heterocycles. The number of anilines is 2. The van der Waals surface area contributed by atoms with Gasteiger partial charge in [0.1, 0.15) is 5.82 Å². The number of nitrogens with zero attached hydrogens (tertiary/aromatic N) is 2. The lowest BCUT2D eigenvalue weighted by molar-refractivity contribution is 0.345. The number of aromatic amines is 1. The highest BCUT2D eigenvalue weighted by Crippen LogP contribution is 2.18. The van der Waals surface area contributed by atoms with Gasteiger partial charge in [-0.05, 0) is 25.4 Å². The van der Waals surface area contributed by atoms with E-state index in [2.05, 4.69) is 27.3 Å². The third-order valence-corrected chi connectivity index (χ3v) is 3.07. The zero-order valence-electron chi connectivity index (χ0n) is 9.16. The Kier molecular flexibility index (Phi) is 3.11. The molecular formula is C10H19N5. The highest BCUT2D eigenvalue weighted by molar-refractivity contribution is 5.59. The maximum Gasteiger partial charge on any atom is 0.142 e. The van der Waals surface area contributed by atoms with Gasteiger partial charge in [0, 0.05) is 13.1 Å². The van der Waals surface area contributed by atoms with Crippen LogP contribution in [0.15, 0.2) is 6.20 Å². The average Bonchev–Trinajstić information content (AvgIpc) is 2.84. The van der Waals surface area contributed by atoms with Gasteiger partial charge in [0.15, 0.2) is 0 Å². The minimum Gasteiger partial charge on any atom is -0.382 e. The molecule has 0 aromatic carbocycles. The van der Waals surface area contributed by atoms with Crippen molar-refractivity contribution in [3.63, 3.8) is 0 Å². The first-order chi connectivity index (χ1) is 7.29. The van der Waals surface area contributed by atoms with Gasteiger partial charge in [0.05, 0.1) is 11.9 Å². The Morgan fingerprint density at radius 3 is 3.20 bits per heavy atom. The Morgan fingerprint density at radius 2 is 2.60 bits per heavy atom. The van der Waals surface area contributed by atoms with Crippen molar-refractivity contribution in [3.05, 3.63) is 6.20 Å². The summed E-state index contributed by atoms with van der Waals surface area (Å²) in [6.07, 6.45) is 3.01. The number of aromatic nitrogens is 2. The maximum absolute atomic E-state index is 5.69. The van der Waals surface area contributed by atoms with E-state index < -0.39 is 0 Å². The third-order valence-electron chi connectivity index (χ3n) is 3.07. The zero-order chi connectivity index (χ0) is 10.7. The average molecular weight is 209 g/mol. The summed E-state index contributed by atoms with van der Waals surface area (Å²) in [6.45, 7) is 6.78. The number of hydrogen-bond donors (Lipinski definition) is 3. The number of likely N-dealkylation sites (tertiary alicyclic amines) is 1. The van der Waals surface area contributed by atoms with Crippen molar-refractivity contribution in [2.75, 3.05) is 37.2 Å². The van der Waals surface area contributed by atoms with Crippen molar-refractivity contribution in [1.29, 1.82) is 0 Å². The topological polar surface area (TPSA) is 70.0 Å².